The SMILES string of the molecule is Fc1ccccc1OCc1cnc2ccccn12. The molecule has 0 N–H and O–H groups in total. The Kier molecular flexibility index (Phi) is 2.68. The van der Waals surface area contributed by atoms with Crippen LogP contribution < -0.4 is 4.74 Å². The monoisotopic (exact) mass is 242 g/mol. The molecule has 3 nitrogen and oxygen atoms in total. The molecule has 4 heteroatoms. The summed E-state index contributed by atoms with van der Waals surface area (Å²) in [4.78, 5) is 4.24. The van der Waals surface area contributed by atoms with E-state index >= 15 is 0 Å². The maximum Gasteiger partial charge on any atom is 0.165 e. The van der Waals surface area contributed by atoms with E-state index in [1.165, 1.54) is 6.07 Å². The lowest BCUT2D eigenvalue weighted by Crippen LogP contribution is -2.00. The van der Waals surface area contributed by atoms with E-state index in [0.717, 1.165) is 11.3 Å². The Morgan fingerprint density at radius 1 is 1.11 bits per heavy atom. The molecule has 0 aliphatic carbocycles. The summed E-state index contributed by atoms with van der Waals surface area (Å²) < 4.78 is 20.8. The first kappa shape index (κ1) is 10.8. The van der Waals surface area contributed by atoms with Crippen LogP contribution in [0.25, 0.3) is 5.65 Å². The molecule has 2 heterocycles. The van der Waals surface area contributed by atoms with Crippen molar-refractivity contribution >= 4 is 5.65 Å². The number of imidazole rings is 1. The summed E-state index contributed by atoms with van der Waals surface area (Å²) in [5.74, 6) is -0.102. The molecule has 0 unspecified atom stereocenters. The average Bonchev–Trinajstić information content (AvgIpc) is 2.81. The van der Waals surface area contributed by atoms with E-state index in [2.05, 4.69) is 4.98 Å². The van der Waals surface area contributed by atoms with E-state index in [1.54, 1.807) is 24.4 Å². The van der Waals surface area contributed by atoms with Gasteiger partial charge in [0.1, 0.15) is 12.3 Å². The fourth-order valence-electron chi connectivity index (χ4n) is 1.81. The van der Waals surface area contributed by atoms with Crippen LogP contribution in [0, 0.1) is 5.82 Å². The van der Waals surface area contributed by atoms with Crippen molar-refractivity contribution in [1.29, 1.82) is 0 Å². The Morgan fingerprint density at radius 2 is 1.94 bits per heavy atom. The maximum absolute atomic E-state index is 13.4. The molecule has 3 rings (SSSR count). The number of aromatic nitrogens is 2. The van der Waals surface area contributed by atoms with Crippen molar-refractivity contribution in [2.24, 2.45) is 0 Å². The van der Waals surface area contributed by atoms with Gasteiger partial charge in [-0.15, -0.1) is 0 Å². The molecule has 0 bridgehead atoms. The quantitative estimate of drug-likeness (QED) is 0.705. The van der Waals surface area contributed by atoms with Crippen molar-refractivity contribution in [3.05, 3.63) is 66.4 Å². The van der Waals surface area contributed by atoms with Gasteiger partial charge < -0.3 is 9.14 Å². The fourth-order valence-corrected chi connectivity index (χ4v) is 1.81. The first-order valence-corrected chi connectivity index (χ1v) is 5.63. The van der Waals surface area contributed by atoms with Gasteiger partial charge >= 0.3 is 0 Å². The molecule has 0 radical (unpaired) electrons. The van der Waals surface area contributed by atoms with Crippen molar-refractivity contribution < 1.29 is 9.13 Å². The molecule has 2 aromatic heterocycles. The smallest absolute Gasteiger partial charge is 0.165 e. The predicted molar refractivity (Wildman–Crippen MR) is 65.9 cm³/mol. The number of hydrogen-bond donors (Lipinski definition) is 0. The van der Waals surface area contributed by atoms with Gasteiger partial charge in [-0.2, -0.15) is 0 Å². The third-order valence-electron chi connectivity index (χ3n) is 2.71. The Bertz CT molecular complexity index is 678. The molecule has 0 aliphatic rings. The summed E-state index contributed by atoms with van der Waals surface area (Å²) in [5, 5.41) is 0. The Hall–Kier alpha value is -2.36. The fraction of sp³-hybridized carbons (Fsp3) is 0.0714. The standard InChI is InChI=1S/C14H11FN2O/c15-12-5-1-2-6-13(12)18-10-11-9-16-14-7-3-4-8-17(11)14/h1-9H,10H2. The maximum atomic E-state index is 13.4. The normalized spacial score (nSPS) is 10.7. The molecule has 0 saturated heterocycles. The number of para-hydroxylation sites is 1. The van der Waals surface area contributed by atoms with Crippen LogP contribution in [-0.4, -0.2) is 9.38 Å². The number of nitrogens with zero attached hydrogens (tertiary/aromatic N) is 2. The summed E-state index contributed by atoms with van der Waals surface area (Å²) in [6.45, 7) is 0.284. The predicted octanol–water partition coefficient (Wildman–Crippen LogP) is 3.05. The van der Waals surface area contributed by atoms with Crippen molar-refractivity contribution in [2.75, 3.05) is 0 Å². The number of fused-ring (bicyclic) bond motifs is 1. The molecule has 0 amide bonds. The Labute approximate surface area is 103 Å². The lowest BCUT2D eigenvalue weighted by molar-refractivity contribution is 0.285. The van der Waals surface area contributed by atoms with Crippen LogP contribution in [0.5, 0.6) is 5.75 Å². The van der Waals surface area contributed by atoms with Crippen LogP contribution in [-0.2, 0) is 6.61 Å². The van der Waals surface area contributed by atoms with Crippen molar-refractivity contribution in [3.63, 3.8) is 0 Å². The van der Waals surface area contributed by atoms with Gasteiger partial charge in [0.25, 0.3) is 0 Å². The van der Waals surface area contributed by atoms with Crippen LogP contribution in [0.1, 0.15) is 5.69 Å². The topological polar surface area (TPSA) is 26.5 Å². The lowest BCUT2D eigenvalue weighted by Gasteiger charge is -2.06. The largest absolute Gasteiger partial charge is 0.484 e. The third-order valence-corrected chi connectivity index (χ3v) is 2.71. The summed E-state index contributed by atoms with van der Waals surface area (Å²) >= 11 is 0. The number of halogens is 1. The molecular weight excluding hydrogens is 231 g/mol. The van der Waals surface area contributed by atoms with Crippen LogP contribution in [0.4, 0.5) is 4.39 Å². The highest BCUT2D eigenvalue weighted by Gasteiger charge is 2.05. The summed E-state index contributed by atoms with van der Waals surface area (Å²) in [7, 11) is 0. The molecule has 18 heavy (non-hydrogen) atoms. The number of benzene rings is 1. The molecular formula is C14H11FN2O. The summed E-state index contributed by atoms with van der Waals surface area (Å²) in [6, 6.07) is 12.1. The van der Waals surface area contributed by atoms with Gasteiger partial charge in [-0.1, -0.05) is 18.2 Å². The zero-order valence-corrected chi connectivity index (χ0v) is 9.58. The van der Waals surface area contributed by atoms with Gasteiger partial charge in [-0.25, -0.2) is 9.37 Å². The first-order valence-electron chi connectivity index (χ1n) is 5.63. The van der Waals surface area contributed by atoms with Gasteiger partial charge in [0.2, 0.25) is 0 Å². The average molecular weight is 242 g/mol. The van der Waals surface area contributed by atoms with Gasteiger partial charge in [-0.05, 0) is 24.3 Å². The molecule has 0 saturated carbocycles. The van der Waals surface area contributed by atoms with E-state index in [9.17, 15) is 4.39 Å². The van der Waals surface area contributed by atoms with Gasteiger partial charge in [0.15, 0.2) is 11.6 Å². The van der Waals surface area contributed by atoms with E-state index < -0.39 is 0 Å². The van der Waals surface area contributed by atoms with Crippen LogP contribution in [0.2, 0.25) is 0 Å². The molecule has 90 valence electrons. The Morgan fingerprint density at radius 3 is 2.83 bits per heavy atom. The highest BCUT2D eigenvalue weighted by Crippen LogP contribution is 2.17. The molecule has 3 aromatic rings. The summed E-state index contributed by atoms with van der Waals surface area (Å²) in [5.41, 5.74) is 1.73. The lowest BCUT2D eigenvalue weighted by atomic mass is 10.3. The van der Waals surface area contributed by atoms with Gasteiger partial charge in [0.05, 0.1) is 11.9 Å². The van der Waals surface area contributed by atoms with Crippen LogP contribution >= 0.6 is 0 Å². The molecule has 0 aliphatic heterocycles. The second kappa shape index (κ2) is 4.49. The number of ether oxygens (including phenoxy) is 1. The number of pyridine rings is 1. The number of rotatable bonds is 3. The van der Waals surface area contributed by atoms with E-state index in [4.69, 9.17) is 4.74 Å². The number of hydrogen-bond acceptors (Lipinski definition) is 2. The van der Waals surface area contributed by atoms with Crippen LogP contribution in [0.3, 0.4) is 0 Å². The second-order valence-electron chi connectivity index (χ2n) is 3.90. The zero-order valence-electron chi connectivity index (χ0n) is 9.58. The minimum atomic E-state index is -0.355. The van der Waals surface area contributed by atoms with Crippen molar-refractivity contribution in [3.8, 4) is 5.75 Å². The first-order chi connectivity index (χ1) is 8.84. The second-order valence-corrected chi connectivity index (χ2v) is 3.90. The van der Waals surface area contributed by atoms with E-state index in [1.807, 2.05) is 28.8 Å². The molecule has 0 atom stereocenters. The van der Waals surface area contributed by atoms with Crippen molar-refractivity contribution in [2.45, 2.75) is 6.61 Å². The zero-order chi connectivity index (χ0) is 12.4. The Balaban J connectivity index is 1.83. The van der Waals surface area contributed by atoms with E-state index in [0.29, 0.717) is 0 Å². The minimum absolute atomic E-state index is 0.253. The molecule has 1 aromatic carbocycles. The highest BCUT2D eigenvalue weighted by molar-refractivity contribution is 5.39. The van der Waals surface area contributed by atoms with Gasteiger partial charge in [0, 0.05) is 6.20 Å². The van der Waals surface area contributed by atoms with Gasteiger partial charge in [-0.3, -0.25) is 0 Å². The third kappa shape index (κ3) is 1.93. The highest BCUT2D eigenvalue weighted by atomic mass is 19.1. The summed E-state index contributed by atoms with van der Waals surface area (Å²) in [6.07, 6.45) is 3.64. The molecule has 0 spiro atoms. The van der Waals surface area contributed by atoms with E-state index in [-0.39, 0.29) is 18.2 Å². The van der Waals surface area contributed by atoms with Crippen molar-refractivity contribution in [1.82, 2.24) is 9.38 Å². The minimum Gasteiger partial charge on any atom is -0.484 e. The van der Waals surface area contributed by atoms with Crippen LogP contribution in [0.15, 0.2) is 54.9 Å². The molecule has 0 fully saturated rings.